The molecule has 0 aliphatic carbocycles. The highest BCUT2D eigenvalue weighted by Gasteiger charge is 2.10. The zero-order chi connectivity index (χ0) is 10.6. The van der Waals surface area contributed by atoms with Crippen LogP contribution in [0.15, 0.2) is 12.4 Å². The van der Waals surface area contributed by atoms with E-state index in [1.54, 1.807) is 0 Å². The van der Waals surface area contributed by atoms with E-state index < -0.39 is 0 Å². The normalized spacial score (nSPS) is 13.5. The van der Waals surface area contributed by atoms with Gasteiger partial charge in [-0.3, -0.25) is 16.0 Å². The molecule has 1 heterocycles. The maximum Gasteiger partial charge on any atom is 0.0522 e. The van der Waals surface area contributed by atoms with Gasteiger partial charge in [-0.1, -0.05) is 13.8 Å². The summed E-state index contributed by atoms with van der Waals surface area (Å²) in [6, 6.07) is 0.346. The summed E-state index contributed by atoms with van der Waals surface area (Å²) < 4.78 is 1.82. The van der Waals surface area contributed by atoms with Crippen LogP contribution < -0.4 is 11.3 Å². The first-order chi connectivity index (χ1) is 6.61. The van der Waals surface area contributed by atoms with E-state index in [9.17, 15) is 0 Å². The summed E-state index contributed by atoms with van der Waals surface area (Å²) in [6.45, 7) is 4.40. The molecular formula is C10H20N4. The third-order valence-electron chi connectivity index (χ3n) is 2.23. The fourth-order valence-electron chi connectivity index (χ4n) is 1.64. The van der Waals surface area contributed by atoms with Crippen molar-refractivity contribution in [2.75, 3.05) is 0 Å². The summed E-state index contributed by atoms with van der Waals surface area (Å²) in [7, 11) is 1.93. The Labute approximate surface area is 85.5 Å². The van der Waals surface area contributed by atoms with E-state index in [-0.39, 0.29) is 0 Å². The number of aromatic nitrogens is 2. The SMILES string of the molecule is CC(C)CC(Cc1cnn(C)c1)NN. The van der Waals surface area contributed by atoms with Gasteiger partial charge in [0.2, 0.25) is 0 Å². The lowest BCUT2D eigenvalue weighted by Gasteiger charge is -2.16. The number of rotatable bonds is 5. The number of nitrogens with zero attached hydrogens (tertiary/aromatic N) is 2. The average molecular weight is 196 g/mol. The Morgan fingerprint density at radius 2 is 2.29 bits per heavy atom. The molecule has 0 fully saturated rings. The van der Waals surface area contributed by atoms with Gasteiger partial charge in [-0.15, -0.1) is 0 Å². The van der Waals surface area contributed by atoms with Gasteiger partial charge in [-0.05, 0) is 24.3 Å². The van der Waals surface area contributed by atoms with Crippen LogP contribution >= 0.6 is 0 Å². The third-order valence-corrected chi connectivity index (χ3v) is 2.23. The Morgan fingerprint density at radius 3 is 2.71 bits per heavy atom. The first kappa shape index (κ1) is 11.2. The fraction of sp³-hybridized carbons (Fsp3) is 0.700. The largest absolute Gasteiger partial charge is 0.276 e. The monoisotopic (exact) mass is 196 g/mol. The van der Waals surface area contributed by atoms with E-state index in [0.717, 1.165) is 12.8 Å². The summed E-state index contributed by atoms with van der Waals surface area (Å²) in [6.07, 6.45) is 5.96. The average Bonchev–Trinajstić information content (AvgIpc) is 2.49. The van der Waals surface area contributed by atoms with E-state index >= 15 is 0 Å². The minimum Gasteiger partial charge on any atom is -0.276 e. The van der Waals surface area contributed by atoms with E-state index in [0.29, 0.717) is 12.0 Å². The number of nitrogens with two attached hydrogens (primary N) is 1. The van der Waals surface area contributed by atoms with Gasteiger partial charge in [0.1, 0.15) is 0 Å². The predicted molar refractivity (Wildman–Crippen MR) is 57.5 cm³/mol. The minimum atomic E-state index is 0.346. The lowest BCUT2D eigenvalue weighted by atomic mass is 9.99. The highest BCUT2D eigenvalue weighted by Crippen LogP contribution is 2.09. The second kappa shape index (κ2) is 5.12. The molecule has 1 aromatic rings. The summed E-state index contributed by atoms with van der Waals surface area (Å²) in [5.74, 6) is 6.16. The van der Waals surface area contributed by atoms with Crippen molar-refractivity contribution in [1.82, 2.24) is 15.2 Å². The van der Waals surface area contributed by atoms with Crippen LogP contribution in [0.1, 0.15) is 25.8 Å². The minimum absolute atomic E-state index is 0.346. The zero-order valence-corrected chi connectivity index (χ0v) is 9.20. The molecule has 0 aromatic carbocycles. The van der Waals surface area contributed by atoms with E-state index in [4.69, 9.17) is 5.84 Å². The molecule has 3 N–H and O–H groups in total. The van der Waals surface area contributed by atoms with Gasteiger partial charge >= 0.3 is 0 Å². The molecule has 0 saturated carbocycles. The fourth-order valence-corrected chi connectivity index (χ4v) is 1.64. The van der Waals surface area contributed by atoms with Gasteiger partial charge < -0.3 is 0 Å². The Kier molecular flexibility index (Phi) is 4.10. The Bertz CT molecular complexity index is 267. The molecule has 0 amide bonds. The molecule has 0 saturated heterocycles. The molecule has 4 heteroatoms. The topological polar surface area (TPSA) is 55.9 Å². The van der Waals surface area contributed by atoms with Crippen LogP contribution in [-0.4, -0.2) is 15.8 Å². The summed E-state index contributed by atoms with van der Waals surface area (Å²) in [5, 5.41) is 4.13. The Hall–Kier alpha value is -0.870. The van der Waals surface area contributed by atoms with Crippen LogP contribution in [0.2, 0.25) is 0 Å². The van der Waals surface area contributed by atoms with E-state index in [1.165, 1.54) is 5.56 Å². The lowest BCUT2D eigenvalue weighted by molar-refractivity contribution is 0.423. The van der Waals surface area contributed by atoms with Crippen molar-refractivity contribution in [3.63, 3.8) is 0 Å². The lowest BCUT2D eigenvalue weighted by Crippen LogP contribution is -2.37. The molecule has 80 valence electrons. The van der Waals surface area contributed by atoms with Gasteiger partial charge in [-0.25, -0.2) is 0 Å². The molecule has 4 nitrogen and oxygen atoms in total. The van der Waals surface area contributed by atoms with Crippen molar-refractivity contribution in [2.45, 2.75) is 32.7 Å². The summed E-state index contributed by atoms with van der Waals surface area (Å²) >= 11 is 0. The van der Waals surface area contributed by atoms with Crippen molar-refractivity contribution in [1.29, 1.82) is 0 Å². The molecule has 14 heavy (non-hydrogen) atoms. The third kappa shape index (κ3) is 3.47. The molecule has 0 aliphatic rings. The first-order valence-electron chi connectivity index (χ1n) is 5.05. The Morgan fingerprint density at radius 1 is 1.57 bits per heavy atom. The highest BCUT2D eigenvalue weighted by atomic mass is 15.2. The molecular weight excluding hydrogens is 176 g/mol. The van der Waals surface area contributed by atoms with Gasteiger partial charge in [0.25, 0.3) is 0 Å². The van der Waals surface area contributed by atoms with Gasteiger partial charge in [0.05, 0.1) is 6.20 Å². The zero-order valence-electron chi connectivity index (χ0n) is 9.20. The number of hydrazine groups is 1. The number of hydrogen-bond donors (Lipinski definition) is 2. The number of nitrogens with one attached hydrogen (secondary N) is 1. The number of aryl methyl sites for hydroxylation is 1. The standard InChI is InChI=1S/C10H20N4/c1-8(2)4-10(13-11)5-9-6-12-14(3)7-9/h6-8,10,13H,4-5,11H2,1-3H3. The molecule has 1 aromatic heterocycles. The smallest absolute Gasteiger partial charge is 0.0522 e. The predicted octanol–water partition coefficient (Wildman–Crippen LogP) is 0.841. The van der Waals surface area contributed by atoms with Crippen molar-refractivity contribution in [3.8, 4) is 0 Å². The van der Waals surface area contributed by atoms with Crippen molar-refractivity contribution < 1.29 is 0 Å². The van der Waals surface area contributed by atoms with Crippen LogP contribution in [0.3, 0.4) is 0 Å². The maximum atomic E-state index is 5.50. The quantitative estimate of drug-likeness (QED) is 0.542. The van der Waals surface area contributed by atoms with Crippen molar-refractivity contribution >= 4 is 0 Å². The van der Waals surface area contributed by atoms with E-state index in [1.807, 2.05) is 24.1 Å². The molecule has 1 rings (SSSR count). The van der Waals surface area contributed by atoms with Crippen LogP contribution in [0, 0.1) is 5.92 Å². The highest BCUT2D eigenvalue weighted by molar-refractivity contribution is 5.05. The van der Waals surface area contributed by atoms with Crippen molar-refractivity contribution in [3.05, 3.63) is 18.0 Å². The van der Waals surface area contributed by atoms with Crippen LogP contribution in [0.5, 0.6) is 0 Å². The first-order valence-corrected chi connectivity index (χ1v) is 5.05. The van der Waals surface area contributed by atoms with Gasteiger partial charge in [-0.2, -0.15) is 5.10 Å². The molecule has 1 unspecified atom stereocenters. The van der Waals surface area contributed by atoms with Crippen LogP contribution in [0.25, 0.3) is 0 Å². The van der Waals surface area contributed by atoms with E-state index in [2.05, 4.69) is 24.4 Å². The van der Waals surface area contributed by atoms with Crippen LogP contribution in [0.4, 0.5) is 0 Å². The molecule has 1 atom stereocenters. The van der Waals surface area contributed by atoms with Crippen molar-refractivity contribution in [2.24, 2.45) is 18.8 Å². The maximum absolute atomic E-state index is 5.50. The van der Waals surface area contributed by atoms with Crippen LogP contribution in [-0.2, 0) is 13.5 Å². The molecule has 0 bridgehead atoms. The second-order valence-corrected chi connectivity index (χ2v) is 4.22. The molecule has 0 aliphatic heterocycles. The Balaban J connectivity index is 2.48. The summed E-state index contributed by atoms with van der Waals surface area (Å²) in [4.78, 5) is 0. The molecule has 0 radical (unpaired) electrons. The summed E-state index contributed by atoms with van der Waals surface area (Å²) in [5.41, 5.74) is 4.09. The number of hydrogen-bond acceptors (Lipinski definition) is 3. The van der Waals surface area contributed by atoms with Gasteiger partial charge in [0, 0.05) is 19.3 Å². The molecule has 0 spiro atoms. The van der Waals surface area contributed by atoms with Gasteiger partial charge in [0.15, 0.2) is 0 Å². The second-order valence-electron chi connectivity index (χ2n) is 4.22.